The van der Waals surface area contributed by atoms with Crippen molar-refractivity contribution in [3.63, 3.8) is 0 Å². The third-order valence-corrected chi connectivity index (χ3v) is 11.6. The molecule has 0 aromatic heterocycles. The Morgan fingerprint density at radius 3 is 2.39 bits per heavy atom. The number of carbonyl (C=O) groups excluding carboxylic acids is 5. The van der Waals surface area contributed by atoms with Crippen LogP contribution in [0.5, 0.6) is 0 Å². The van der Waals surface area contributed by atoms with Crippen LogP contribution in [0.1, 0.15) is 96.3 Å². The number of amides is 5. The molecule has 4 N–H and O–H groups in total. The van der Waals surface area contributed by atoms with Crippen molar-refractivity contribution >= 4 is 45.4 Å². The minimum atomic E-state index is -4.01. The molecule has 51 heavy (non-hydrogen) atoms. The standard InChI is InChI=1S/C36H54N6O8S/c1-8-23(2)51(48,49)40-33(46)36-21-25(36)14-12-10-9-11-13-15-28(38-34(47)50-35(3,4)5)32(45)42-22-26(20-29(42)31(44)39-36)37-30(43)24-16-18-27(19-17-24)41(6)7/h12,14,16-19,23,25-26,28-29H,8-11,13,15,20-22H2,1-7H3,(H,37,43)(H,38,47)(H,39,44)(H,40,46)/b14-12-/t23?,25-,26-,28+,29+,36-/m1/s1. The molecule has 6 atom stereocenters. The van der Waals surface area contributed by atoms with Crippen LogP contribution < -0.4 is 25.6 Å². The van der Waals surface area contributed by atoms with E-state index in [0.29, 0.717) is 24.8 Å². The van der Waals surface area contributed by atoms with Crippen molar-refractivity contribution in [1.82, 2.24) is 25.6 Å². The van der Waals surface area contributed by atoms with Crippen LogP contribution in [0.15, 0.2) is 36.4 Å². The van der Waals surface area contributed by atoms with Gasteiger partial charge in [0.05, 0.1) is 5.25 Å². The topological polar surface area (TPSA) is 183 Å². The zero-order valence-electron chi connectivity index (χ0n) is 30.8. The highest BCUT2D eigenvalue weighted by atomic mass is 32.2. The number of alkyl carbamates (subject to hydrolysis) is 1. The molecule has 0 spiro atoms. The van der Waals surface area contributed by atoms with Crippen molar-refractivity contribution in [1.29, 1.82) is 0 Å². The molecule has 14 nitrogen and oxygen atoms in total. The quantitative estimate of drug-likeness (QED) is 0.292. The van der Waals surface area contributed by atoms with Crippen molar-refractivity contribution in [2.75, 3.05) is 25.5 Å². The first-order valence-electron chi connectivity index (χ1n) is 17.8. The molecular weight excluding hydrogens is 676 g/mol. The smallest absolute Gasteiger partial charge is 0.408 e. The van der Waals surface area contributed by atoms with E-state index in [1.165, 1.54) is 11.8 Å². The number of hydrogen-bond donors (Lipinski definition) is 4. The van der Waals surface area contributed by atoms with Crippen molar-refractivity contribution in [3.8, 4) is 0 Å². The van der Waals surface area contributed by atoms with Crippen LogP contribution >= 0.6 is 0 Å². The second kappa shape index (κ2) is 16.0. The van der Waals surface area contributed by atoms with E-state index in [2.05, 4.69) is 20.7 Å². The van der Waals surface area contributed by atoms with Crippen LogP contribution in [0.3, 0.4) is 0 Å². The number of nitrogens with zero attached hydrogens (tertiary/aromatic N) is 2. The summed E-state index contributed by atoms with van der Waals surface area (Å²) in [5, 5.41) is 7.65. The summed E-state index contributed by atoms with van der Waals surface area (Å²) in [7, 11) is -0.232. The van der Waals surface area contributed by atoms with E-state index in [1.807, 2.05) is 43.3 Å². The molecule has 0 bridgehead atoms. The number of benzene rings is 1. The summed E-state index contributed by atoms with van der Waals surface area (Å²) in [5.41, 5.74) is -1.04. The molecular formula is C36H54N6O8S. The largest absolute Gasteiger partial charge is 0.444 e. The Kier molecular flexibility index (Phi) is 12.5. The zero-order valence-corrected chi connectivity index (χ0v) is 31.6. The highest BCUT2D eigenvalue weighted by Gasteiger charge is 2.61. The summed E-state index contributed by atoms with van der Waals surface area (Å²) < 4.78 is 33.4. The molecule has 15 heteroatoms. The number of anilines is 1. The number of hydrogen-bond acceptors (Lipinski definition) is 9. The third kappa shape index (κ3) is 10.0. The van der Waals surface area contributed by atoms with Gasteiger partial charge in [-0.15, -0.1) is 0 Å². The summed E-state index contributed by atoms with van der Waals surface area (Å²) in [6, 6.07) is 4.21. The van der Waals surface area contributed by atoms with Gasteiger partial charge in [-0.1, -0.05) is 31.9 Å². The number of fused-ring (bicyclic) bond motifs is 2. The summed E-state index contributed by atoms with van der Waals surface area (Å²) in [6.45, 7) is 8.31. The molecule has 1 aliphatic carbocycles. The Bertz CT molecular complexity index is 1610. The molecule has 1 unspecified atom stereocenters. The number of allylic oxidation sites excluding steroid dienone is 1. The van der Waals surface area contributed by atoms with Crippen LogP contribution in [0.25, 0.3) is 0 Å². The molecule has 1 aromatic rings. The fourth-order valence-corrected chi connectivity index (χ4v) is 7.47. The summed E-state index contributed by atoms with van der Waals surface area (Å²) >= 11 is 0. The number of nitrogens with one attached hydrogen (secondary N) is 4. The zero-order chi connectivity index (χ0) is 37.7. The van der Waals surface area contributed by atoms with Gasteiger partial charge in [-0.2, -0.15) is 0 Å². The highest BCUT2D eigenvalue weighted by Crippen LogP contribution is 2.45. The SMILES string of the molecule is CCC(C)S(=O)(=O)NC(=O)[C@@]12C[C@H]1/C=C\CCCCC[C@H](NC(=O)OC(C)(C)C)C(=O)N1C[C@H](NC(=O)c3ccc(N(C)C)cc3)C[C@H]1C(=O)N2. The number of carbonyl (C=O) groups is 5. The average molecular weight is 731 g/mol. The highest BCUT2D eigenvalue weighted by molar-refractivity contribution is 7.90. The van der Waals surface area contributed by atoms with E-state index in [-0.39, 0.29) is 31.7 Å². The van der Waals surface area contributed by atoms with Crippen LogP contribution in [-0.4, -0.2) is 98.2 Å². The minimum Gasteiger partial charge on any atom is -0.444 e. The van der Waals surface area contributed by atoms with Crippen LogP contribution in [0, 0.1) is 5.92 Å². The maximum absolute atomic E-state index is 14.3. The summed E-state index contributed by atoms with van der Waals surface area (Å²) in [4.78, 5) is 71.7. The fraction of sp³-hybridized carbons (Fsp3) is 0.639. The predicted octanol–water partition coefficient (Wildman–Crippen LogP) is 2.98. The second-order valence-electron chi connectivity index (χ2n) is 15.1. The maximum Gasteiger partial charge on any atom is 0.408 e. The first-order chi connectivity index (χ1) is 23.9. The van der Waals surface area contributed by atoms with E-state index < -0.39 is 74.3 Å². The van der Waals surface area contributed by atoms with E-state index in [9.17, 15) is 32.4 Å². The predicted molar refractivity (Wildman–Crippen MR) is 193 cm³/mol. The van der Waals surface area contributed by atoms with Crippen LogP contribution in [-0.2, 0) is 29.1 Å². The normalized spacial score (nSPS) is 26.9. The Morgan fingerprint density at radius 2 is 1.76 bits per heavy atom. The van der Waals surface area contributed by atoms with Crippen molar-refractivity contribution in [3.05, 3.63) is 42.0 Å². The second-order valence-corrected chi connectivity index (χ2v) is 17.2. The molecule has 4 rings (SSSR count). The molecule has 0 radical (unpaired) electrons. The lowest BCUT2D eigenvalue weighted by Gasteiger charge is -2.30. The monoisotopic (exact) mass is 730 g/mol. The molecule has 282 valence electrons. The van der Waals surface area contributed by atoms with Gasteiger partial charge in [0.1, 0.15) is 23.2 Å². The molecule has 2 fully saturated rings. The van der Waals surface area contributed by atoms with Gasteiger partial charge in [0.25, 0.3) is 11.8 Å². The number of ether oxygens (including phenoxy) is 1. The maximum atomic E-state index is 14.3. The van der Waals surface area contributed by atoms with Gasteiger partial charge < -0.3 is 30.5 Å². The first kappa shape index (κ1) is 39.6. The Hall–Kier alpha value is -4.14. The third-order valence-electron chi connectivity index (χ3n) is 9.69. The lowest BCUT2D eigenvalue weighted by molar-refractivity contribution is -0.141. The Labute approximate surface area is 301 Å². The molecule has 2 aliphatic heterocycles. The van der Waals surface area contributed by atoms with Crippen molar-refractivity contribution in [2.24, 2.45) is 5.92 Å². The van der Waals surface area contributed by atoms with Gasteiger partial charge in [-0.05, 0) is 90.5 Å². The van der Waals surface area contributed by atoms with E-state index in [1.54, 1.807) is 39.8 Å². The van der Waals surface area contributed by atoms with Gasteiger partial charge in [0.15, 0.2) is 0 Å². The molecule has 5 amide bonds. The minimum absolute atomic E-state index is 0.0294. The molecule has 1 aromatic carbocycles. The lowest BCUT2D eigenvalue weighted by Crippen LogP contribution is -2.58. The Morgan fingerprint density at radius 1 is 1.08 bits per heavy atom. The molecule has 2 heterocycles. The van der Waals surface area contributed by atoms with E-state index in [0.717, 1.165) is 18.5 Å². The molecule has 1 saturated heterocycles. The van der Waals surface area contributed by atoms with Crippen LogP contribution in [0.2, 0.25) is 0 Å². The lowest BCUT2D eigenvalue weighted by atomic mass is 10.0. The summed E-state index contributed by atoms with van der Waals surface area (Å²) in [6.07, 6.45) is 6.60. The molecule has 3 aliphatic rings. The summed E-state index contributed by atoms with van der Waals surface area (Å²) in [5.74, 6) is -2.85. The Balaban J connectivity index is 1.65. The van der Waals surface area contributed by atoms with Gasteiger partial charge >= 0.3 is 6.09 Å². The van der Waals surface area contributed by atoms with Crippen LogP contribution in [0.4, 0.5) is 10.5 Å². The van der Waals surface area contributed by atoms with Crippen molar-refractivity contribution < 1.29 is 37.1 Å². The fourth-order valence-electron chi connectivity index (χ4n) is 6.39. The van der Waals surface area contributed by atoms with Gasteiger partial charge in [0.2, 0.25) is 21.8 Å². The van der Waals surface area contributed by atoms with Gasteiger partial charge in [-0.3, -0.25) is 23.9 Å². The molecule has 1 saturated carbocycles. The number of sulfonamides is 1. The van der Waals surface area contributed by atoms with E-state index >= 15 is 0 Å². The average Bonchev–Trinajstić information content (AvgIpc) is 3.58. The van der Waals surface area contributed by atoms with Gasteiger partial charge in [0, 0.05) is 43.9 Å². The number of rotatable bonds is 8. The van der Waals surface area contributed by atoms with E-state index in [4.69, 9.17) is 4.74 Å². The first-order valence-corrected chi connectivity index (χ1v) is 19.3. The van der Waals surface area contributed by atoms with Gasteiger partial charge in [-0.25, -0.2) is 13.2 Å². The van der Waals surface area contributed by atoms with Crippen molar-refractivity contribution in [2.45, 2.75) is 121 Å².